The summed E-state index contributed by atoms with van der Waals surface area (Å²) in [6.45, 7) is 2.19. The average molecular weight is 953 g/mol. The van der Waals surface area contributed by atoms with Crippen LogP contribution in [0.4, 0.5) is 9.59 Å². The molecule has 2 fully saturated rings. The van der Waals surface area contributed by atoms with E-state index in [9.17, 15) is 19.2 Å². The number of carbonyl (C=O) groups is 4. The van der Waals surface area contributed by atoms with Crippen LogP contribution >= 0.6 is 0 Å². The summed E-state index contributed by atoms with van der Waals surface area (Å²) in [5, 5.41) is 10.8. The molecule has 366 valence electrons. The predicted molar refractivity (Wildman–Crippen MR) is 263 cm³/mol. The van der Waals surface area contributed by atoms with Crippen molar-refractivity contribution < 1.29 is 38.1 Å². The number of amides is 6. The second-order valence-electron chi connectivity index (χ2n) is 17.0. The molecule has 18 heteroatoms. The van der Waals surface area contributed by atoms with Crippen molar-refractivity contribution in [1.29, 1.82) is 0 Å². The van der Waals surface area contributed by atoms with Gasteiger partial charge in [0.1, 0.15) is 36.9 Å². The monoisotopic (exact) mass is 952 g/mol. The molecule has 0 saturated carbocycles. The van der Waals surface area contributed by atoms with Gasteiger partial charge in [-0.1, -0.05) is 84.9 Å². The third-order valence-electron chi connectivity index (χ3n) is 12.6. The molecule has 0 radical (unpaired) electrons. The quantitative estimate of drug-likeness (QED) is 0.0464. The summed E-state index contributed by atoms with van der Waals surface area (Å²) in [5.74, 6) is 1.84. The van der Waals surface area contributed by atoms with Crippen LogP contribution in [0, 0.1) is 0 Å². The number of ether oxygens (including phenoxy) is 4. The van der Waals surface area contributed by atoms with Crippen LogP contribution in [-0.4, -0.2) is 121 Å². The lowest BCUT2D eigenvalue weighted by Gasteiger charge is -2.28. The number of nitrogens with one attached hydrogen (secondary N) is 6. The molecule has 2 aliphatic rings. The summed E-state index contributed by atoms with van der Waals surface area (Å²) in [7, 11) is 6.27. The van der Waals surface area contributed by atoms with Crippen molar-refractivity contribution >= 4 is 23.9 Å². The molecule has 6 aromatic rings. The molecule has 8 rings (SSSR count). The molecule has 0 bridgehead atoms. The third-order valence-corrected chi connectivity index (χ3v) is 12.6. The minimum Gasteiger partial charge on any atom is -0.487 e. The summed E-state index contributed by atoms with van der Waals surface area (Å²) in [4.78, 5) is 73.5. The van der Waals surface area contributed by atoms with Crippen LogP contribution in [0.15, 0.2) is 109 Å². The van der Waals surface area contributed by atoms with Crippen LogP contribution in [0.1, 0.15) is 72.6 Å². The van der Waals surface area contributed by atoms with Crippen molar-refractivity contribution in [3.8, 4) is 45.1 Å². The van der Waals surface area contributed by atoms with Gasteiger partial charge in [0.05, 0.1) is 49.1 Å². The van der Waals surface area contributed by atoms with Gasteiger partial charge >= 0.3 is 12.1 Å². The molecule has 2 aliphatic heterocycles. The summed E-state index contributed by atoms with van der Waals surface area (Å²) < 4.78 is 23.8. The van der Waals surface area contributed by atoms with E-state index in [0.717, 1.165) is 41.6 Å². The first-order valence-electron chi connectivity index (χ1n) is 23.5. The van der Waals surface area contributed by atoms with E-state index in [2.05, 4.69) is 31.2 Å². The van der Waals surface area contributed by atoms with Crippen LogP contribution in [0.25, 0.3) is 33.6 Å². The fraction of sp³-hybridized carbons (Fsp3) is 0.346. The van der Waals surface area contributed by atoms with E-state index < -0.39 is 24.1 Å². The highest BCUT2D eigenvalue weighted by molar-refractivity contribution is 5.90. The number of aromatic nitrogens is 4. The number of carbonyl (C=O) groups excluding carboxylic acids is 4. The van der Waals surface area contributed by atoms with E-state index in [1.807, 2.05) is 97.1 Å². The lowest BCUT2D eigenvalue weighted by Crippen LogP contribution is -2.45. The first kappa shape index (κ1) is 48.7. The maximum Gasteiger partial charge on any atom is 0.315 e. The molecule has 0 aliphatic carbocycles. The van der Waals surface area contributed by atoms with Crippen LogP contribution in [0.2, 0.25) is 0 Å². The molecular formula is C52H60N10O8. The highest BCUT2D eigenvalue weighted by Crippen LogP contribution is 2.46. The maximum atomic E-state index is 14.2. The smallest absolute Gasteiger partial charge is 0.315 e. The van der Waals surface area contributed by atoms with Gasteiger partial charge in [-0.2, -0.15) is 0 Å². The van der Waals surface area contributed by atoms with Gasteiger partial charge in [0.2, 0.25) is 11.8 Å². The van der Waals surface area contributed by atoms with Crippen molar-refractivity contribution in [2.45, 2.75) is 49.9 Å². The molecule has 6 N–H and O–H groups in total. The molecule has 4 heterocycles. The van der Waals surface area contributed by atoms with Crippen molar-refractivity contribution in [2.24, 2.45) is 0 Å². The molecule has 2 aromatic heterocycles. The van der Waals surface area contributed by atoms with Gasteiger partial charge in [0.25, 0.3) is 0 Å². The van der Waals surface area contributed by atoms with Crippen LogP contribution in [0.3, 0.4) is 0 Å². The largest absolute Gasteiger partial charge is 0.487 e. The van der Waals surface area contributed by atoms with Gasteiger partial charge in [-0.25, -0.2) is 19.6 Å². The van der Waals surface area contributed by atoms with Gasteiger partial charge in [0, 0.05) is 52.5 Å². The topological polar surface area (TPSA) is 217 Å². The van der Waals surface area contributed by atoms with Gasteiger partial charge in [-0.15, -0.1) is 0 Å². The Bertz CT molecular complexity index is 2710. The summed E-state index contributed by atoms with van der Waals surface area (Å²) >= 11 is 0. The van der Waals surface area contributed by atoms with E-state index in [0.29, 0.717) is 78.3 Å². The van der Waals surface area contributed by atoms with Gasteiger partial charge in [0.15, 0.2) is 11.5 Å². The standard InChI is InChI=1S/C52H60N10O8/c1-53-51(65)59-43(35-13-7-5-8-14-35)49(63)61-25-11-17-41(61)47-55-31-39(57-47)34-21-19-33(20-22-34)37-23-24-38(46(70-30-28-68-4)45(37)69-29-27-67-3)40-32-56-48(58-40)42-18-12-26-62(42)50(64)44(60-52(66)54-2)36-15-9-6-10-16-36/h5-10,13-16,19-24,31-32,41-44H,11-12,17-18,25-30H2,1-4H3,(H,55,57)(H,56,58)(H2,53,59,65)(H2,54,60,66)/t41-,42-,43+,44+/m0/s1. The Morgan fingerprint density at radius 3 is 1.51 bits per heavy atom. The number of aromatic amines is 2. The summed E-state index contributed by atoms with van der Waals surface area (Å²) in [6, 6.07) is 27.1. The number of hydrogen-bond donors (Lipinski definition) is 6. The Labute approximate surface area is 406 Å². The zero-order valence-electron chi connectivity index (χ0n) is 39.8. The van der Waals surface area contributed by atoms with Crippen molar-refractivity contribution in [1.82, 2.24) is 51.0 Å². The summed E-state index contributed by atoms with van der Waals surface area (Å²) in [6.07, 6.45) is 6.49. The Balaban J connectivity index is 1.06. The average Bonchev–Trinajstić information content (AvgIpc) is 4.26. The number of imidazole rings is 2. The number of rotatable bonds is 19. The van der Waals surface area contributed by atoms with Gasteiger partial charge < -0.3 is 60.0 Å². The lowest BCUT2D eigenvalue weighted by atomic mass is 9.98. The zero-order valence-corrected chi connectivity index (χ0v) is 39.8. The first-order chi connectivity index (χ1) is 34.2. The number of benzene rings is 4. The Kier molecular flexibility index (Phi) is 16.1. The van der Waals surface area contributed by atoms with E-state index in [1.54, 1.807) is 36.4 Å². The highest BCUT2D eigenvalue weighted by Gasteiger charge is 2.38. The summed E-state index contributed by atoms with van der Waals surface area (Å²) in [5.41, 5.74) is 6.07. The molecule has 0 spiro atoms. The van der Waals surface area contributed by atoms with Crippen LogP contribution in [0.5, 0.6) is 11.5 Å². The van der Waals surface area contributed by atoms with Gasteiger partial charge in [-0.05, 0) is 60.1 Å². The number of urea groups is 2. The van der Waals surface area contributed by atoms with Crippen molar-refractivity contribution in [2.75, 3.05) is 67.8 Å². The predicted octanol–water partition coefficient (Wildman–Crippen LogP) is 6.85. The molecule has 6 amide bonds. The SMILES string of the molecule is CNC(=O)N[C@@H](C(=O)N1CCC[C@H]1c1ncc(-c2ccc(-c3ccc(-c4cnc([C@@H]5CCCN5C(=O)[C@H](NC(=O)NC)c5ccccc5)[nH]4)c(OCCOC)c3OCCOC)cc2)[nH]1)c1ccccc1. The molecule has 4 atom stereocenters. The third kappa shape index (κ3) is 10.9. The maximum absolute atomic E-state index is 14.2. The normalized spacial score (nSPS) is 16.3. The van der Waals surface area contributed by atoms with Crippen LogP contribution < -0.4 is 30.7 Å². The molecule has 0 unspecified atom stereocenters. The molecule has 70 heavy (non-hydrogen) atoms. The van der Waals surface area contributed by atoms with E-state index in [-0.39, 0.29) is 37.1 Å². The minimum absolute atomic E-state index is 0.203. The number of likely N-dealkylation sites (tertiary alicyclic amines) is 2. The molecule has 2 saturated heterocycles. The Morgan fingerprint density at radius 2 is 1.03 bits per heavy atom. The Morgan fingerprint density at radius 1 is 0.586 bits per heavy atom. The second-order valence-corrected chi connectivity index (χ2v) is 17.0. The second kappa shape index (κ2) is 23.1. The number of methoxy groups -OCH3 is 2. The number of nitrogens with zero attached hydrogens (tertiary/aromatic N) is 4. The number of H-pyrrole nitrogens is 2. The van der Waals surface area contributed by atoms with E-state index in [1.165, 1.54) is 14.1 Å². The zero-order chi connectivity index (χ0) is 49.0. The van der Waals surface area contributed by atoms with E-state index in [4.69, 9.17) is 28.9 Å². The van der Waals surface area contributed by atoms with Gasteiger partial charge in [-0.3, -0.25) is 9.59 Å². The minimum atomic E-state index is -0.887. The molecule has 18 nitrogen and oxygen atoms in total. The molecule has 4 aromatic carbocycles. The van der Waals surface area contributed by atoms with Crippen molar-refractivity contribution in [3.63, 3.8) is 0 Å². The lowest BCUT2D eigenvalue weighted by molar-refractivity contribution is -0.135. The fourth-order valence-corrected chi connectivity index (χ4v) is 9.10. The van der Waals surface area contributed by atoms with E-state index >= 15 is 0 Å². The number of hydrogen-bond acceptors (Lipinski definition) is 10. The Hall–Kier alpha value is -7.70. The first-order valence-corrected chi connectivity index (χ1v) is 23.5. The fourth-order valence-electron chi connectivity index (χ4n) is 9.10. The molecular weight excluding hydrogens is 893 g/mol. The highest BCUT2D eigenvalue weighted by atomic mass is 16.5. The van der Waals surface area contributed by atoms with Crippen LogP contribution in [-0.2, 0) is 19.1 Å². The van der Waals surface area contributed by atoms with Crippen molar-refractivity contribution in [3.05, 3.63) is 132 Å².